The van der Waals surface area contributed by atoms with Gasteiger partial charge in [0.2, 0.25) is 0 Å². The zero-order valence-corrected chi connectivity index (χ0v) is 7.99. The van der Waals surface area contributed by atoms with Crippen molar-refractivity contribution in [2.24, 2.45) is 5.92 Å². The molecule has 0 fully saturated rings. The summed E-state index contributed by atoms with van der Waals surface area (Å²) in [7, 11) is 0. The van der Waals surface area contributed by atoms with Gasteiger partial charge in [-0.2, -0.15) is 0 Å². The molecule has 0 aromatic carbocycles. The normalized spacial score (nSPS) is 31.4. The van der Waals surface area contributed by atoms with Gasteiger partial charge in [-0.15, -0.1) is 11.6 Å². The van der Waals surface area contributed by atoms with Crippen molar-refractivity contribution in [2.45, 2.75) is 32.1 Å². The highest BCUT2D eigenvalue weighted by molar-refractivity contribution is 6.22. The van der Waals surface area contributed by atoms with E-state index in [0.717, 1.165) is 12.8 Å². The van der Waals surface area contributed by atoms with E-state index in [1.54, 1.807) is 0 Å². The van der Waals surface area contributed by atoms with E-state index in [4.69, 9.17) is 11.6 Å². The van der Waals surface area contributed by atoms with Gasteiger partial charge in [0, 0.05) is 0 Å². The Hall–Kier alpha value is -0.230. The summed E-state index contributed by atoms with van der Waals surface area (Å²) < 4.78 is 0. The Morgan fingerprint density at radius 2 is 2.36 bits per heavy atom. The van der Waals surface area contributed by atoms with Crippen molar-refractivity contribution in [3.8, 4) is 0 Å². The largest absolute Gasteiger partial charge is 0.118 e. The lowest BCUT2D eigenvalue weighted by atomic mass is 9.86. The monoisotopic (exact) mass is 170 g/mol. The van der Waals surface area contributed by atoms with Crippen LogP contribution < -0.4 is 0 Å². The van der Waals surface area contributed by atoms with Crippen LogP contribution in [0.15, 0.2) is 23.8 Å². The van der Waals surface area contributed by atoms with E-state index in [-0.39, 0.29) is 5.38 Å². The minimum atomic E-state index is 0.241. The summed E-state index contributed by atoms with van der Waals surface area (Å²) in [5.74, 6) is 0.612. The molecule has 1 unspecified atom stereocenters. The quantitative estimate of drug-likeness (QED) is 0.417. The molecule has 0 heterocycles. The molecule has 0 nitrogen and oxygen atoms in total. The molecule has 0 bridgehead atoms. The molecule has 0 saturated heterocycles. The van der Waals surface area contributed by atoms with E-state index in [1.807, 2.05) is 0 Å². The van der Waals surface area contributed by atoms with Crippen molar-refractivity contribution in [3.05, 3.63) is 23.8 Å². The number of hydrogen-bond donors (Lipinski definition) is 0. The minimum Gasteiger partial charge on any atom is -0.118 e. The SMILES string of the molecule is C=C(C)[C@@H]1CC=C(C)C(Cl)C1. The van der Waals surface area contributed by atoms with Crippen LogP contribution >= 0.6 is 11.6 Å². The maximum absolute atomic E-state index is 6.10. The van der Waals surface area contributed by atoms with Crippen LogP contribution in [-0.2, 0) is 0 Å². The molecule has 1 aliphatic rings. The molecule has 62 valence electrons. The summed E-state index contributed by atoms with van der Waals surface area (Å²) in [6.07, 6.45) is 4.43. The van der Waals surface area contributed by atoms with Crippen molar-refractivity contribution < 1.29 is 0 Å². The topological polar surface area (TPSA) is 0 Å². The molecule has 0 saturated carbocycles. The van der Waals surface area contributed by atoms with E-state index in [2.05, 4.69) is 26.5 Å². The van der Waals surface area contributed by atoms with Crippen LogP contribution in [-0.4, -0.2) is 5.38 Å². The molecule has 0 aliphatic heterocycles. The first-order valence-electron chi connectivity index (χ1n) is 4.07. The van der Waals surface area contributed by atoms with Gasteiger partial charge in [0.1, 0.15) is 0 Å². The maximum Gasteiger partial charge on any atom is 0.0548 e. The number of hydrogen-bond acceptors (Lipinski definition) is 0. The molecule has 0 aromatic rings. The van der Waals surface area contributed by atoms with Crippen LogP contribution in [0.2, 0.25) is 0 Å². The van der Waals surface area contributed by atoms with Crippen molar-refractivity contribution >= 4 is 11.6 Å². The second-order valence-electron chi connectivity index (χ2n) is 3.43. The van der Waals surface area contributed by atoms with Crippen LogP contribution in [0.4, 0.5) is 0 Å². The Labute approximate surface area is 73.9 Å². The second kappa shape index (κ2) is 3.44. The highest BCUT2D eigenvalue weighted by Gasteiger charge is 2.19. The second-order valence-corrected chi connectivity index (χ2v) is 3.96. The van der Waals surface area contributed by atoms with E-state index < -0.39 is 0 Å². The molecule has 0 spiro atoms. The number of halogens is 1. The summed E-state index contributed by atoms with van der Waals surface area (Å²) in [6.45, 7) is 8.14. The molecule has 1 aliphatic carbocycles. The minimum absolute atomic E-state index is 0.241. The molecule has 11 heavy (non-hydrogen) atoms. The van der Waals surface area contributed by atoms with Gasteiger partial charge in [-0.1, -0.05) is 23.8 Å². The first-order chi connectivity index (χ1) is 5.11. The van der Waals surface area contributed by atoms with Crippen LogP contribution in [0.3, 0.4) is 0 Å². The standard InChI is InChI=1S/C10H15Cl/c1-7(2)9-5-4-8(3)10(11)6-9/h4,9-10H,1,5-6H2,2-3H3/t9-,10?/m1/s1. The zero-order chi connectivity index (χ0) is 8.43. The number of alkyl halides is 1. The molecule has 2 atom stereocenters. The summed E-state index contributed by atoms with van der Waals surface area (Å²) in [5, 5.41) is 0.241. The van der Waals surface area contributed by atoms with Crippen molar-refractivity contribution in [1.29, 1.82) is 0 Å². The van der Waals surface area contributed by atoms with E-state index in [0.29, 0.717) is 5.92 Å². The van der Waals surface area contributed by atoms with Gasteiger partial charge in [-0.05, 0) is 32.6 Å². The van der Waals surface area contributed by atoms with Crippen LogP contribution in [0.5, 0.6) is 0 Å². The van der Waals surface area contributed by atoms with E-state index in [1.165, 1.54) is 11.1 Å². The Bertz CT molecular complexity index is 191. The molecular weight excluding hydrogens is 156 g/mol. The van der Waals surface area contributed by atoms with E-state index >= 15 is 0 Å². The molecule has 0 N–H and O–H groups in total. The predicted octanol–water partition coefficient (Wildman–Crippen LogP) is 3.53. The van der Waals surface area contributed by atoms with Gasteiger partial charge in [-0.25, -0.2) is 0 Å². The fraction of sp³-hybridized carbons (Fsp3) is 0.600. The average Bonchev–Trinajstić information content (AvgIpc) is 1.94. The average molecular weight is 171 g/mol. The third-order valence-electron chi connectivity index (χ3n) is 2.41. The molecule has 0 amide bonds. The van der Waals surface area contributed by atoms with Crippen molar-refractivity contribution in [2.75, 3.05) is 0 Å². The summed E-state index contributed by atoms with van der Waals surface area (Å²) in [4.78, 5) is 0. The first kappa shape index (κ1) is 8.86. The lowest BCUT2D eigenvalue weighted by molar-refractivity contribution is 0.545. The van der Waals surface area contributed by atoms with Gasteiger partial charge in [-0.3, -0.25) is 0 Å². The molecule has 0 aromatic heterocycles. The van der Waals surface area contributed by atoms with Crippen LogP contribution in [0, 0.1) is 5.92 Å². The Morgan fingerprint density at radius 1 is 1.73 bits per heavy atom. The zero-order valence-electron chi connectivity index (χ0n) is 7.23. The third-order valence-corrected chi connectivity index (χ3v) is 2.93. The van der Waals surface area contributed by atoms with Gasteiger partial charge < -0.3 is 0 Å². The maximum atomic E-state index is 6.10. The highest BCUT2D eigenvalue weighted by atomic mass is 35.5. The van der Waals surface area contributed by atoms with Crippen LogP contribution in [0.25, 0.3) is 0 Å². The van der Waals surface area contributed by atoms with Crippen molar-refractivity contribution in [3.63, 3.8) is 0 Å². The van der Waals surface area contributed by atoms with Crippen LogP contribution in [0.1, 0.15) is 26.7 Å². The van der Waals surface area contributed by atoms with Crippen molar-refractivity contribution in [1.82, 2.24) is 0 Å². The van der Waals surface area contributed by atoms with Gasteiger partial charge in [0.05, 0.1) is 5.38 Å². The Morgan fingerprint density at radius 3 is 2.82 bits per heavy atom. The Kier molecular flexibility index (Phi) is 2.78. The smallest absolute Gasteiger partial charge is 0.0548 e. The molecule has 1 rings (SSSR count). The predicted molar refractivity (Wildman–Crippen MR) is 50.9 cm³/mol. The molecule has 1 heteroatoms. The van der Waals surface area contributed by atoms with E-state index in [9.17, 15) is 0 Å². The Balaban J connectivity index is 2.62. The lowest BCUT2D eigenvalue weighted by Crippen LogP contribution is -2.15. The van der Waals surface area contributed by atoms with Gasteiger partial charge in [0.15, 0.2) is 0 Å². The molecular formula is C10H15Cl. The first-order valence-corrected chi connectivity index (χ1v) is 4.51. The number of rotatable bonds is 1. The summed E-state index contributed by atoms with van der Waals surface area (Å²) >= 11 is 6.10. The van der Waals surface area contributed by atoms with Gasteiger partial charge >= 0.3 is 0 Å². The highest BCUT2D eigenvalue weighted by Crippen LogP contribution is 2.31. The fourth-order valence-corrected chi connectivity index (χ4v) is 1.69. The fourth-order valence-electron chi connectivity index (χ4n) is 1.39. The van der Waals surface area contributed by atoms with Gasteiger partial charge in [0.25, 0.3) is 0 Å². The summed E-state index contributed by atoms with van der Waals surface area (Å²) in [5.41, 5.74) is 2.59. The lowest BCUT2D eigenvalue weighted by Gasteiger charge is -2.24. The third kappa shape index (κ3) is 2.10. The summed E-state index contributed by atoms with van der Waals surface area (Å²) in [6, 6.07) is 0. The number of allylic oxidation sites excluding steroid dienone is 3. The molecule has 0 radical (unpaired) electrons.